The van der Waals surface area contributed by atoms with Crippen molar-refractivity contribution in [1.29, 1.82) is 0 Å². The topological polar surface area (TPSA) is 73.2 Å². The van der Waals surface area contributed by atoms with Crippen molar-refractivity contribution < 1.29 is 18.7 Å². The molecule has 3 aromatic rings. The number of nitrogens with zero attached hydrogens (tertiary/aromatic N) is 2. The molecule has 1 saturated carbocycles. The van der Waals surface area contributed by atoms with Crippen LogP contribution in [0.15, 0.2) is 48.5 Å². The molecule has 0 aliphatic heterocycles. The fourth-order valence-corrected chi connectivity index (χ4v) is 3.42. The summed E-state index contributed by atoms with van der Waals surface area (Å²) in [5.74, 6) is -0.500. The van der Waals surface area contributed by atoms with E-state index in [0.29, 0.717) is 16.9 Å². The highest BCUT2D eigenvalue weighted by Gasteiger charge is 2.30. The summed E-state index contributed by atoms with van der Waals surface area (Å²) < 4.78 is 20.9. The monoisotopic (exact) mass is 421 g/mol. The minimum Gasteiger partial charge on any atom is -0.407 e. The van der Waals surface area contributed by atoms with Gasteiger partial charge in [-0.25, -0.2) is 4.39 Å². The highest BCUT2D eigenvalue weighted by atomic mass is 19.1. The molecule has 1 N–H and O–H groups in total. The number of ether oxygens (including phenoxy) is 1. The molecule has 0 atom stereocenters. The van der Waals surface area contributed by atoms with Crippen LogP contribution in [0.25, 0.3) is 16.8 Å². The van der Waals surface area contributed by atoms with Gasteiger partial charge in [0.2, 0.25) is 11.8 Å². The van der Waals surface area contributed by atoms with Crippen molar-refractivity contribution in [3.63, 3.8) is 0 Å². The zero-order valence-corrected chi connectivity index (χ0v) is 17.7. The maximum atomic E-state index is 13.9. The number of anilines is 1. The summed E-state index contributed by atoms with van der Waals surface area (Å²) in [5, 5.41) is 7.57. The number of carbonyl (C=O) groups is 2. The van der Waals surface area contributed by atoms with Crippen molar-refractivity contribution in [3.8, 4) is 22.7 Å². The molecule has 1 heterocycles. The van der Waals surface area contributed by atoms with Crippen LogP contribution in [0.4, 0.5) is 10.1 Å². The minimum atomic E-state index is -0.498. The van der Waals surface area contributed by atoms with Gasteiger partial charge in [0.15, 0.2) is 0 Å². The molecule has 1 fully saturated rings. The first-order chi connectivity index (χ1) is 14.8. The summed E-state index contributed by atoms with van der Waals surface area (Å²) >= 11 is 0. The smallest absolute Gasteiger partial charge is 0.309 e. The van der Waals surface area contributed by atoms with Crippen molar-refractivity contribution in [2.75, 3.05) is 5.32 Å². The molecular formula is C24H24FN3O3. The molecule has 1 amide bonds. The third-order valence-corrected chi connectivity index (χ3v) is 5.10. The van der Waals surface area contributed by atoms with Crippen LogP contribution in [0.5, 0.6) is 5.88 Å². The van der Waals surface area contributed by atoms with Gasteiger partial charge in [-0.2, -0.15) is 9.78 Å². The maximum absolute atomic E-state index is 13.9. The SMILES string of the molecule is CC(=O)Oc1c(-c2ccc(NC(=O)C3CC3)cc2)c(C(C)C)nn1-c1cccc(F)c1. The Balaban J connectivity index is 1.79. The Kier molecular flexibility index (Phi) is 5.59. The molecule has 7 heteroatoms. The van der Waals surface area contributed by atoms with Crippen LogP contribution >= 0.6 is 0 Å². The van der Waals surface area contributed by atoms with Gasteiger partial charge in [-0.05, 0) is 54.7 Å². The first kappa shape index (κ1) is 20.8. The third-order valence-electron chi connectivity index (χ3n) is 5.10. The van der Waals surface area contributed by atoms with Crippen molar-refractivity contribution in [2.24, 2.45) is 5.92 Å². The van der Waals surface area contributed by atoms with Crippen LogP contribution in [0, 0.1) is 11.7 Å². The predicted molar refractivity (Wildman–Crippen MR) is 116 cm³/mol. The van der Waals surface area contributed by atoms with E-state index in [1.54, 1.807) is 12.1 Å². The van der Waals surface area contributed by atoms with E-state index >= 15 is 0 Å². The number of hydrogen-bond donors (Lipinski definition) is 1. The summed E-state index contributed by atoms with van der Waals surface area (Å²) in [6, 6.07) is 13.3. The van der Waals surface area contributed by atoms with E-state index < -0.39 is 11.8 Å². The van der Waals surface area contributed by atoms with Crippen molar-refractivity contribution in [3.05, 3.63) is 60.0 Å². The number of rotatable bonds is 6. The molecule has 1 aliphatic carbocycles. The van der Waals surface area contributed by atoms with Gasteiger partial charge in [0, 0.05) is 18.5 Å². The van der Waals surface area contributed by atoms with Crippen molar-refractivity contribution in [1.82, 2.24) is 9.78 Å². The second-order valence-electron chi connectivity index (χ2n) is 8.05. The van der Waals surface area contributed by atoms with Crippen LogP contribution in [0.3, 0.4) is 0 Å². The Labute approximate surface area is 180 Å². The number of amides is 1. The highest BCUT2D eigenvalue weighted by Crippen LogP contribution is 2.39. The van der Waals surface area contributed by atoms with Crippen LogP contribution < -0.4 is 10.1 Å². The van der Waals surface area contributed by atoms with Gasteiger partial charge in [0.25, 0.3) is 0 Å². The third kappa shape index (κ3) is 4.50. The number of halogens is 1. The van der Waals surface area contributed by atoms with Gasteiger partial charge in [0.1, 0.15) is 5.82 Å². The van der Waals surface area contributed by atoms with Gasteiger partial charge in [0.05, 0.1) is 16.9 Å². The van der Waals surface area contributed by atoms with E-state index in [4.69, 9.17) is 4.74 Å². The Morgan fingerprint density at radius 3 is 2.45 bits per heavy atom. The second-order valence-corrected chi connectivity index (χ2v) is 8.05. The summed E-state index contributed by atoms with van der Waals surface area (Å²) in [4.78, 5) is 23.9. The van der Waals surface area contributed by atoms with Gasteiger partial charge >= 0.3 is 5.97 Å². The molecule has 4 rings (SSSR count). The molecule has 1 aliphatic rings. The van der Waals surface area contributed by atoms with E-state index in [1.807, 2.05) is 38.1 Å². The Bertz CT molecular complexity index is 1130. The number of hydrogen-bond acceptors (Lipinski definition) is 4. The first-order valence-electron chi connectivity index (χ1n) is 10.3. The Morgan fingerprint density at radius 1 is 1.16 bits per heavy atom. The van der Waals surface area contributed by atoms with Crippen molar-refractivity contribution in [2.45, 2.75) is 39.5 Å². The Morgan fingerprint density at radius 2 is 1.87 bits per heavy atom. The average molecular weight is 421 g/mol. The fourth-order valence-electron chi connectivity index (χ4n) is 3.42. The van der Waals surface area contributed by atoms with E-state index in [1.165, 1.54) is 23.7 Å². The molecule has 0 bridgehead atoms. The van der Waals surface area contributed by atoms with E-state index in [2.05, 4.69) is 10.4 Å². The van der Waals surface area contributed by atoms with Gasteiger partial charge in [-0.15, -0.1) is 0 Å². The summed E-state index contributed by atoms with van der Waals surface area (Å²) in [5.41, 5.74) is 3.33. The molecule has 0 saturated heterocycles. The van der Waals surface area contributed by atoms with E-state index in [0.717, 1.165) is 24.1 Å². The number of aromatic nitrogens is 2. The van der Waals surface area contributed by atoms with Gasteiger partial charge in [-0.3, -0.25) is 9.59 Å². The summed E-state index contributed by atoms with van der Waals surface area (Å²) in [6.45, 7) is 5.30. The molecule has 0 radical (unpaired) electrons. The molecule has 1 aromatic heterocycles. The quantitative estimate of drug-likeness (QED) is 0.564. The molecule has 0 unspecified atom stereocenters. The average Bonchev–Trinajstić information content (AvgIpc) is 3.50. The number of benzene rings is 2. The standard InChI is InChI=1S/C24H24FN3O3/c1-14(2)22-21(16-9-11-19(12-10-16)26-23(30)17-7-8-17)24(31-15(3)29)28(27-22)20-6-4-5-18(25)13-20/h4-6,9-14,17H,7-8H2,1-3H3,(H,26,30). The molecule has 0 spiro atoms. The first-order valence-corrected chi connectivity index (χ1v) is 10.3. The maximum Gasteiger partial charge on any atom is 0.309 e. The number of esters is 1. The van der Waals surface area contributed by atoms with E-state index in [9.17, 15) is 14.0 Å². The fraction of sp³-hybridized carbons (Fsp3) is 0.292. The molecule has 160 valence electrons. The minimum absolute atomic E-state index is 0.0216. The Hall–Kier alpha value is -3.48. The van der Waals surface area contributed by atoms with E-state index in [-0.39, 0.29) is 23.6 Å². The molecule has 6 nitrogen and oxygen atoms in total. The van der Waals surface area contributed by atoms with Crippen LogP contribution in [-0.4, -0.2) is 21.7 Å². The summed E-state index contributed by atoms with van der Waals surface area (Å²) in [7, 11) is 0. The molecule has 2 aromatic carbocycles. The van der Waals surface area contributed by atoms with Crippen LogP contribution in [0.2, 0.25) is 0 Å². The molecular weight excluding hydrogens is 397 g/mol. The van der Waals surface area contributed by atoms with Crippen LogP contribution in [-0.2, 0) is 9.59 Å². The lowest BCUT2D eigenvalue weighted by Crippen LogP contribution is -2.13. The van der Waals surface area contributed by atoms with Crippen molar-refractivity contribution >= 4 is 17.6 Å². The lowest BCUT2D eigenvalue weighted by Gasteiger charge is -2.11. The largest absolute Gasteiger partial charge is 0.407 e. The molecule has 31 heavy (non-hydrogen) atoms. The number of carbonyl (C=O) groups excluding carboxylic acids is 2. The lowest BCUT2D eigenvalue weighted by molar-refractivity contribution is -0.132. The predicted octanol–water partition coefficient (Wildman–Crippen LogP) is 5.08. The highest BCUT2D eigenvalue weighted by molar-refractivity contribution is 5.94. The zero-order valence-electron chi connectivity index (χ0n) is 17.7. The second kappa shape index (κ2) is 8.34. The zero-order chi connectivity index (χ0) is 22.1. The normalized spacial score (nSPS) is 13.3. The summed E-state index contributed by atoms with van der Waals surface area (Å²) in [6.07, 6.45) is 1.87. The number of nitrogens with one attached hydrogen (secondary N) is 1. The van der Waals surface area contributed by atoms with Gasteiger partial charge in [-0.1, -0.05) is 32.0 Å². The van der Waals surface area contributed by atoms with Crippen LogP contribution in [0.1, 0.15) is 45.2 Å². The lowest BCUT2D eigenvalue weighted by atomic mass is 9.99. The van der Waals surface area contributed by atoms with Gasteiger partial charge < -0.3 is 10.1 Å².